The Morgan fingerprint density at radius 1 is 1.17 bits per heavy atom. The number of hydrogen-bond donors (Lipinski definition) is 4. The molecule has 2 rings (SSSR count). The second-order valence-electron chi connectivity index (χ2n) is 8.27. The van der Waals surface area contributed by atoms with E-state index in [1.807, 2.05) is 58.9 Å². The van der Waals surface area contributed by atoms with Crippen LogP contribution in [0.4, 0.5) is 15.8 Å². The minimum absolute atomic E-state index is 0. The molecular formula is C32H42FKN5O2-. The number of aliphatic imine (C=N–C) groups is 2. The molecule has 0 atom stereocenters. The van der Waals surface area contributed by atoms with Crippen LogP contribution in [-0.4, -0.2) is 36.2 Å². The summed E-state index contributed by atoms with van der Waals surface area (Å²) in [4.78, 5) is 20.4. The van der Waals surface area contributed by atoms with Gasteiger partial charge in [0.2, 0.25) is 5.91 Å². The van der Waals surface area contributed by atoms with Crippen molar-refractivity contribution < 1.29 is 65.7 Å². The summed E-state index contributed by atoms with van der Waals surface area (Å²) in [6.07, 6.45) is 11.7. The first-order valence-electron chi connectivity index (χ1n) is 12.8. The van der Waals surface area contributed by atoms with E-state index < -0.39 is 5.91 Å². The number of hydrogen-bond acceptors (Lipinski definition) is 5. The van der Waals surface area contributed by atoms with Crippen molar-refractivity contribution in [1.82, 2.24) is 0 Å². The number of aliphatic hydroxyl groups excluding tert-OH is 1. The molecule has 0 heterocycles. The Labute approximate surface area is 287 Å². The maximum absolute atomic E-state index is 14.0. The summed E-state index contributed by atoms with van der Waals surface area (Å²) in [5, 5.41) is 14.3. The molecule has 0 aliphatic carbocycles. The number of unbranched alkanes of at least 4 members (excludes halogenated alkanes) is 1. The van der Waals surface area contributed by atoms with Crippen molar-refractivity contribution in [2.45, 2.75) is 47.5 Å². The number of carbonyl (C=O) groups is 1. The van der Waals surface area contributed by atoms with Gasteiger partial charge in [0, 0.05) is 37.3 Å². The minimum Gasteiger partial charge on any atom is -0.521 e. The third kappa shape index (κ3) is 15.8. The maximum Gasteiger partial charge on any atom is 1.00 e. The Kier molecular flexibility index (Phi) is 23.7. The molecule has 41 heavy (non-hydrogen) atoms. The SMILES string of the molecule is C/C=C\N=C(Nc1ccc(C(N)=O)c(C)c1)C(C)=N/C=C(\C)c1ccc(NC)c(F)c1.CC=[C-]CCCO.[CH-]=C.[K+]. The molecule has 0 aromatic heterocycles. The largest absolute Gasteiger partial charge is 1.00 e. The molecule has 0 spiro atoms. The monoisotopic (exact) mass is 586 g/mol. The standard InChI is InChI=1S/C24H28FN5O.C6H11O.C2H3.K/c1-6-11-28-24(30-19-8-9-20(23(26)31)15(2)12-19)17(4)29-14-16(3)18-7-10-22(27-5)21(25)13-18;1-2-3-4-5-6-7;1-2;/h6-14,27H,1-5H3,(H2,26,31)(H,28,30);2,7H,4-6H2,1H3;1H,2H2;/q;2*-1;+1/b11-6-,16-14+,29-17?;;;. The number of allylic oxidation sites excluding steroid dienone is 4. The molecule has 216 valence electrons. The van der Waals surface area contributed by atoms with Crippen molar-refractivity contribution >= 4 is 34.4 Å². The molecule has 2 aromatic rings. The van der Waals surface area contributed by atoms with Crippen molar-refractivity contribution in [3.8, 4) is 0 Å². The number of amidine groups is 1. The maximum atomic E-state index is 14.0. The number of amides is 1. The zero-order valence-corrected chi connectivity index (χ0v) is 28.5. The van der Waals surface area contributed by atoms with Crippen LogP contribution in [0.5, 0.6) is 0 Å². The summed E-state index contributed by atoms with van der Waals surface area (Å²) in [7, 11) is 1.68. The Balaban J connectivity index is 0. The average molecular weight is 587 g/mol. The van der Waals surface area contributed by atoms with Crippen molar-refractivity contribution in [1.29, 1.82) is 0 Å². The van der Waals surface area contributed by atoms with Crippen LogP contribution in [0.15, 0.2) is 77.5 Å². The molecule has 0 aliphatic heterocycles. The van der Waals surface area contributed by atoms with Gasteiger partial charge in [-0.1, -0.05) is 25.5 Å². The normalized spacial score (nSPS) is 11.7. The second kappa shape index (κ2) is 24.0. The zero-order valence-electron chi connectivity index (χ0n) is 25.4. The molecule has 0 saturated carbocycles. The van der Waals surface area contributed by atoms with Gasteiger partial charge in [0.1, 0.15) is 5.82 Å². The van der Waals surface area contributed by atoms with Crippen molar-refractivity contribution in [3.63, 3.8) is 0 Å². The van der Waals surface area contributed by atoms with Crippen LogP contribution in [0.25, 0.3) is 5.57 Å². The zero-order chi connectivity index (χ0) is 30.5. The number of aryl methyl sites for hydroxylation is 1. The van der Waals surface area contributed by atoms with E-state index in [2.05, 4.69) is 39.9 Å². The summed E-state index contributed by atoms with van der Waals surface area (Å²) < 4.78 is 14.0. The van der Waals surface area contributed by atoms with Gasteiger partial charge in [-0.25, -0.2) is 9.38 Å². The number of benzene rings is 2. The van der Waals surface area contributed by atoms with E-state index >= 15 is 0 Å². The van der Waals surface area contributed by atoms with Gasteiger partial charge >= 0.3 is 51.4 Å². The number of carbonyl (C=O) groups excluding carboxylic acids is 1. The van der Waals surface area contributed by atoms with Crippen LogP contribution in [0, 0.1) is 25.4 Å². The molecule has 9 heteroatoms. The molecule has 0 bridgehead atoms. The number of aliphatic hydroxyl groups is 1. The first kappa shape index (κ1) is 40.5. The molecule has 1 amide bonds. The third-order valence-corrected chi connectivity index (χ3v) is 5.28. The number of nitrogens with one attached hydrogen (secondary N) is 2. The number of primary amides is 1. The summed E-state index contributed by atoms with van der Waals surface area (Å²) >= 11 is 0. The van der Waals surface area contributed by atoms with E-state index in [0.29, 0.717) is 22.8 Å². The first-order valence-corrected chi connectivity index (χ1v) is 12.8. The van der Waals surface area contributed by atoms with Gasteiger partial charge in [0.25, 0.3) is 0 Å². The van der Waals surface area contributed by atoms with Crippen LogP contribution in [-0.2, 0) is 0 Å². The van der Waals surface area contributed by atoms with E-state index in [1.165, 1.54) is 6.07 Å². The van der Waals surface area contributed by atoms with Crippen LogP contribution in [0.2, 0.25) is 0 Å². The minimum atomic E-state index is -0.468. The van der Waals surface area contributed by atoms with Crippen molar-refractivity contribution in [3.05, 3.63) is 103 Å². The fourth-order valence-electron chi connectivity index (χ4n) is 3.14. The molecule has 0 fully saturated rings. The molecule has 7 nitrogen and oxygen atoms in total. The molecule has 0 radical (unpaired) electrons. The van der Waals surface area contributed by atoms with Gasteiger partial charge < -0.3 is 34.1 Å². The Bertz CT molecular complexity index is 1240. The van der Waals surface area contributed by atoms with E-state index in [-0.39, 0.29) is 63.8 Å². The summed E-state index contributed by atoms with van der Waals surface area (Å²) in [6, 6.07) is 10.3. The van der Waals surface area contributed by atoms with Crippen LogP contribution >= 0.6 is 0 Å². The third-order valence-electron chi connectivity index (χ3n) is 5.28. The van der Waals surface area contributed by atoms with E-state index in [1.54, 1.807) is 37.6 Å². The van der Waals surface area contributed by atoms with E-state index in [9.17, 15) is 9.18 Å². The number of halogens is 1. The molecule has 2 aromatic carbocycles. The molecule has 5 N–H and O–H groups in total. The van der Waals surface area contributed by atoms with Gasteiger partial charge in [-0.05, 0) is 74.7 Å². The molecule has 0 saturated heterocycles. The number of nitrogens with zero attached hydrogens (tertiary/aromatic N) is 2. The van der Waals surface area contributed by atoms with Crippen LogP contribution < -0.4 is 67.8 Å². The average Bonchev–Trinajstić information content (AvgIpc) is 2.95. The van der Waals surface area contributed by atoms with Crippen molar-refractivity contribution in [2.75, 3.05) is 24.3 Å². The first-order chi connectivity index (χ1) is 19.2. The predicted octanol–water partition coefficient (Wildman–Crippen LogP) is 3.89. The quantitative estimate of drug-likeness (QED) is 0.111. The number of rotatable bonds is 10. The topological polar surface area (TPSA) is 112 Å². The van der Waals surface area contributed by atoms with Crippen molar-refractivity contribution in [2.24, 2.45) is 15.7 Å². The van der Waals surface area contributed by atoms with Gasteiger partial charge in [0.15, 0.2) is 5.84 Å². The van der Waals surface area contributed by atoms with Gasteiger partial charge in [-0.15, -0.1) is 0 Å². The Morgan fingerprint density at radius 2 is 1.85 bits per heavy atom. The van der Waals surface area contributed by atoms with Gasteiger partial charge in [-0.3, -0.25) is 22.4 Å². The predicted molar refractivity (Wildman–Crippen MR) is 168 cm³/mol. The summed E-state index contributed by atoms with van der Waals surface area (Å²) in [5.41, 5.74) is 10.0. The van der Waals surface area contributed by atoms with Crippen LogP contribution in [0.3, 0.4) is 0 Å². The fourth-order valence-corrected chi connectivity index (χ4v) is 3.14. The smallest absolute Gasteiger partial charge is 0.521 e. The Hall–Kier alpha value is -2.66. The van der Waals surface area contributed by atoms with E-state index in [4.69, 9.17) is 10.8 Å². The second-order valence-corrected chi connectivity index (χ2v) is 8.27. The summed E-state index contributed by atoms with van der Waals surface area (Å²) in [5.74, 6) is -0.241. The number of nitrogens with two attached hydrogens (primary N) is 1. The molecule has 0 aliphatic rings. The number of anilines is 2. The van der Waals surface area contributed by atoms with Gasteiger partial charge in [-0.2, -0.15) is 6.42 Å². The van der Waals surface area contributed by atoms with Gasteiger partial charge in [0.05, 0.1) is 11.4 Å². The summed E-state index contributed by atoms with van der Waals surface area (Å²) in [6.45, 7) is 16.6. The Morgan fingerprint density at radius 3 is 2.37 bits per heavy atom. The molecular weight excluding hydrogens is 544 g/mol. The van der Waals surface area contributed by atoms with Crippen LogP contribution in [0.1, 0.15) is 62.0 Å². The van der Waals surface area contributed by atoms with E-state index in [0.717, 1.165) is 35.2 Å². The molecule has 0 unspecified atom stereocenters. The fraction of sp³-hybridized carbons (Fsp3) is 0.281.